The molecule has 2 heterocycles. The van der Waals surface area contributed by atoms with Gasteiger partial charge in [-0.05, 0) is 26.3 Å². The van der Waals surface area contributed by atoms with E-state index in [1.165, 1.54) is 16.8 Å². The van der Waals surface area contributed by atoms with Gasteiger partial charge in [0, 0.05) is 20.1 Å². The van der Waals surface area contributed by atoms with Gasteiger partial charge < -0.3 is 25.6 Å². The molecule has 174 valence electrons. The number of ether oxygens (including phenoxy) is 1. The van der Waals surface area contributed by atoms with Crippen LogP contribution in [-0.4, -0.2) is 88.9 Å². The van der Waals surface area contributed by atoms with Gasteiger partial charge >= 0.3 is 6.03 Å². The molecule has 2 fully saturated rings. The number of nitrogens with one attached hydrogen (secondary N) is 1. The van der Waals surface area contributed by atoms with Gasteiger partial charge in [-0.2, -0.15) is 0 Å². The number of nitrogens with two attached hydrogens (primary N) is 1. The second-order valence-corrected chi connectivity index (χ2v) is 9.08. The maximum absolute atomic E-state index is 13.4. The Morgan fingerprint density at radius 2 is 1.88 bits per heavy atom. The highest BCUT2D eigenvalue weighted by molar-refractivity contribution is 6.07. The monoisotopic (exact) mass is 445 g/mol. The van der Waals surface area contributed by atoms with Gasteiger partial charge in [-0.1, -0.05) is 30.3 Å². The summed E-state index contributed by atoms with van der Waals surface area (Å²) in [5, 5.41) is 2.69. The molecular weight excluding hydrogens is 414 g/mol. The number of hydrogen-bond acceptors (Lipinski definition) is 6. The summed E-state index contributed by atoms with van der Waals surface area (Å²) in [4.78, 5) is 54.9. The summed E-state index contributed by atoms with van der Waals surface area (Å²) in [5.41, 5.74) is 4.51. The van der Waals surface area contributed by atoms with E-state index in [0.29, 0.717) is 0 Å². The van der Waals surface area contributed by atoms with Gasteiger partial charge in [-0.25, -0.2) is 4.79 Å². The molecule has 0 saturated carbocycles. The molecular formula is C22H31N5O5. The zero-order valence-electron chi connectivity index (χ0n) is 19.0. The number of hydrogen-bond donors (Lipinski definition) is 2. The Hall–Kier alpha value is -2.98. The number of benzene rings is 1. The SMILES string of the molecule is CN1C(=O)N2CCN(C(=O)C(COCc3ccccc3)NC(=O)C(C)(C)N)CC2(C)C1=O. The van der Waals surface area contributed by atoms with E-state index in [1.54, 1.807) is 20.8 Å². The van der Waals surface area contributed by atoms with Gasteiger partial charge in [0.2, 0.25) is 11.8 Å². The first-order valence-corrected chi connectivity index (χ1v) is 10.5. The summed E-state index contributed by atoms with van der Waals surface area (Å²) in [6, 6.07) is 8.12. The molecule has 0 radical (unpaired) electrons. The van der Waals surface area contributed by atoms with E-state index in [-0.39, 0.29) is 50.7 Å². The van der Waals surface area contributed by atoms with Crippen LogP contribution in [0.25, 0.3) is 0 Å². The smallest absolute Gasteiger partial charge is 0.327 e. The summed E-state index contributed by atoms with van der Waals surface area (Å²) in [7, 11) is 1.43. The fourth-order valence-electron chi connectivity index (χ4n) is 3.92. The van der Waals surface area contributed by atoms with Crippen LogP contribution in [0.15, 0.2) is 30.3 Å². The number of rotatable bonds is 7. The summed E-state index contributed by atoms with van der Waals surface area (Å²) in [6.45, 7) is 5.48. The summed E-state index contributed by atoms with van der Waals surface area (Å²) < 4.78 is 5.73. The van der Waals surface area contributed by atoms with Gasteiger partial charge in [0.25, 0.3) is 5.91 Å². The zero-order valence-corrected chi connectivity index (χ0v) is 19.0. The van der Waals surface area contributed by atoms with Gasteiger partial charge in [0.1, 0.15) is 11.6 Å². The molecule has 2 unspecified atom stereocenters. The number of fused-ring (bicyclic) bond motifs is 1. The van der Waals surface area contributed by atoms with E-state index in [9.17, 15) is 19.2 Å². The first-order valence-electron chi connectivity index (χ1n) is 10.5. The Morgan fingerprint density at radius 3 is 2.50 bits per heavy atom. The Labute approximate surface area is 187 Å². The van der Waals surface area contributed by atoms with Crippen molar-refractivity contribution in [3.8, 4) is 0 Å². The molecule has 0 spiro atoms. The molecule has 10 heteroatoms. The number of urea groups is 1. The Balaban J connectivity index is 1.73. The third-order valence-corrected chi connectivity index (χ3v) is 5.87. The van der Waals surface area contributed by atoms with E-state index < -0.39 is 23.0 Å². The molecule has 2 atom stereocenters. The van der Waals surface area contributed by atoms with Crippen molar-refractivity contribution in [2.24, 2.45) is 5.73 Å². The van der Waals surface area contributed by atoms with Crippen LogP contribution in [0.3, 0.4) is 0 Å². The van der Waals surface area contributed by atoms with Crippen LogP contribution in [0.5, 0.6) is 0 Å². The molecule has 3 N–H and O–H groups in total. The van der Waals surface area contributed by atoms with Crippen molar-refractivity contribution in [1.82, 2.24) is 20.0 Å². The van der Waals surface area contributed by atoms with Crippen LogP contribution < -0.4 is 11.1 Å². The van der Waals surface area contributed by atoms with Gasteiger partial charge in [-0.3, -0.25) is 19.3 Å². The summed E-state index contributed by atoms with van der Waals surface area (Å²) >= 11 is 0. The topological polar surface area (TPSA) is 125 Å². The highest BCUT2D eigenvalue weighted by Gasteiger charge is 2.56. The second-order valence-electron chi connectivity index (χ2n) is 9.08. The van der Waals surface area contributed by atoms with Gasteiger partial charge in [-0.15, -0.1) is 0 Å². The lowest BCUT2D eigenvalue weighted by atomic mass is 9.96. The van der Waals surface area contributed by atoms with Gasteiger partial charge in [0.05, 0.1) is 25.3 Å². The lowest BCUT2D eigenvalue weighted by Crippen LogP contribution is -2.65. The number of nitrogens with zero attached hydrogens (tertiary/aromatic N) is 3. The van der Waals surface area contributed by atoms with Crippen molar-refractivity contribution >= 4 is 23.8 Å². The molecule has 0 aromatic heterocycles. The largest absolute Gasteiger partial charge is 0.374 e. The quantitative estimate of drug-likeness (QED) is 0.566. The molecule has 2 aliphatic heterocycles. The van der Waals surface area contributed by atoms with Crippen LogP contribution in [0.1, 0.15) is 26.3 Å². The van der Waals surface area contributed by atoms with E-state index in [1.807, 2.05) is 30.3 Å². The molecule has 1 aromatic carbocycles. The van der Waals surface area contributed by atoms with Gasteiger partial charge in [0.15, 0.2) is 0 Å². The van der Waals surface area contributed by atoms with E-state index in [0.717, 1.165) is 10.5 Å². The van der Waals surface area contributed by atoms with Crippen molar-refractivity contribution in [3.63, 3.8) is 0 Å². The van der Waals surface area contributed by atoms with E-state index >= 15 is 0 Å². The highest BCUT2D eigenvalue weighted by atomic mass is 16.5. The van der Waals surface area contributed by atoms with E-state index in [4.69, 9.17) is 10.5 Å². The third-order valence-electron chi connectivity index (χ3n) is 5.87. The Bertz CT molecular complexity index is 900. The van der Waals surface area contributed by atoms with E-state index in [2.05, 4.69) is 5.32 Å². The molecule has 2 saturated heterocycles. The maximum atomic E-state index is 13.4. The standard InChI is InChI=1S/C22H31N5O5/c1-21(2,23)18(29)24-16(13-32-12-15-8-6-5-7-9-15)17(28)26-10-11-27-20(31)25(4)19(30)22(27,3)14-26/h5-9,16H,10-14,23H2,1-4H3,(H,24,29). The minimum Gasteiger partial charge on any atom is -0.374 e. The van der Waals surface area contributed by atoms with Crippen molar-refractivity contribution in [3.05, 3.63) is 35.9 Å². The van der Waals surface area contributed by atoms with Crippen LogP contribution in [0.4, 0.5) is 4.79 Å². The highest BCUT2D eigenvalue weighted by Crippen LogP contribution is 2.31. The lowest BCUT2D eigenvalue weighted by molar-refractivity contribution is -0.145. The molecule has 0 bridgehead atoms. The number of likely N-dealkylation sites (N-methyl/N-ethyl adjacent to an activating group) is 1. The molecule has 2 aliphatic rings. The fourth-order valence-corrected chi connectivity index (χ4v) is 3.92. The molecule has 0 aliphatic carbocycles. The number of amides is 5. The van der Waals surface area contributed by atoms with Crippen molar-refractivity contribution in [2.45, 2.75) is 44.5 Å². The first kappa shape index (κ1) is 23.7. The molecule has 32 heavy (non-hydrogen) atoms. The average molecular weight is 446 g/mol. The Morgan fingerprint density at radius 1 is 1.22 bits per heavy atom. The average Bonchev–Trinajstić information content (AvgIpc) is 2.92. The van der Waals surface area contributed by atoms with Crippen molar-refractivity contribution < 1.29 is 23.9 Å². The fraction of sp³-hybridized carbons (Fsp3) is 0.545. The Kier molecular flexibility index (Phi) is 6.56. The molecule has 10 nitrogen and oxygen atoms in total. The maximum Gasteiger partial charge on any atom is 0.327 e. The number of imide groups is 1. The van der Waals surface area contributed by atoms with Crippen LogP contribution >= 0.6 is 0 Å². The van der Waals surface area contributed by atoms with Crippen LogP contribution in [0, 0.1) is 0 Å². The molecule has 5 amide bonds. The van der Waals surface area contributed by atoms with Crippen molar-refractivity contribution in [2.75, 3.05) is 33.3 Å². The number of carbonyl (C=O) groups is 4. The zero-order chi connectivity index (χ0) is 23.7. The van der Waals surface area contributed by atoms with Crippen molar-refractivity contribution in [1.29, 1.82) is 0 Å². The molecule has 3 rings (SSSR count). The van der Waals surface area contributed by atoms with Crippen LogP contribution in [-0.2, 0) is 25.7 Å². The minimum absolute atomic E-state index is 0.0395. The predicted molar refractivity (Wildman–Crippen MR) is 116 cm³/mol. The first-order chi connectivity index (χ1) is 14.9. The number of carbonyl (C=O) groups excluding carboxylic acids is 4. The lowest BCUT2D eigenvalue weighted by Gasteiger charge is -2.43. The van der Waals surface area contributed by atoms with Crippen LogP contribution in [0.2, 0.25) is 0 Å². The summed E-state index contributed by atoms with van der Waals surface area (Å²) in [5.74, 6) is -1.23. The molecule has 1 aromatic rings. The summed E-state index contributed by atoms with van der Waals surface area (Å²) in [6.07, 6.45) is 0. The minimum atomic E-state index is -1.18. The third kappa shape index (κ3) is 4.61. The normalized spacial score (nSPS) is 22.1. The predicted octanol–water partition coefficient (Wildman–Crippen LogP) is -0.0798. The second kappa shape index (κ2) is 8.87. The number of piperazine rings is 1.